The van der Waals surface area contributed by atoms with Crippen molar-refractivity contribution in [2.24, 2.45) is 0 Å². The van der Waals surface area contributed by atoms with Crippen molar-refractivity contribution in [2.45, 2.75) is 31.2 Å². The van der Waals surface area contributed by atoms with Crippen LogP contribution in [0.15, 0.2) is 53.3 Å². The second kappa shape index (κ2) is 8.10. The third-order valence-corrected chi connectivity index (χ3v) is 5.96. The third kappa shape index (κ3) is 3.90. The lowest BCUT2D eigenvalue weighted by Crippen LogP contribution is -2.35. The summed E-state index contributed by atoms with van der Waals surface area (Å²) in [6.07, 6.45) is -1.77. The van der Waals surface area contributed by atoms with Crippen LogP contribution < -0.4 is 10.1 Å². The van der Waals surface area contributed by atoms with Gasteiger partial charge in [-0.2, -0.15) is 23.4 Å². The van der Waals surface area contributed by atoms with Gasteiger partial charge < -0.3 is 14.5 Å². The first kappa shape index (κ1) is 21.3. The number of alkyl halides is 3. The van der Waals surface area contributed by atoms with E-state index in [-0.39, 0.29) is 18.8 Å². The number of ether oxygens (including phenoxy) is 1. The highest BCUT2D eigenvalue weighted by Crippen LogP contribution is 2.46. The molecule has 0 radical (unpaired) electrons. The molecule has 33 heavy (non-hydrogen) atoms. The zero-order chi connectivity index (χ0) is 23.2. The minimum atomic E-state index is -4.48. The molecule has 0 aliphatic carbocycles. The summed E-state index contributed by atoms with van der Waals surface area (Å²) >= 11 is 5.34. The maximum atomic E-state index is 14.0. The second-order valence-electron chi connectivity index (χ2n) is 7.63. The maximum absolute atomic E-state index is 14.0. The second-order valence-corrected chi connectivity index (χ2v) is 8.02. The lowest BCUT2D eigenvalue weighted by molar-refractivity contribution is -0.173. The molecule has 2 N–H and O–H groups in total. The van der Waals surface area contributed by atoms with Gasteiger partial charge in [-0.25, -0.2) is 4.68 Å². The van der Waals surface area contributed by atoms with E-state index in [1.807, 2.05) is 0 Å². The summed E-state index contributed by atoms with van der Waals surface area (Å²) < 4.78 is 55.5. The molecule has 0 bridgehead atoms. The van der Waals surface area contributed by atoms with Gasteiger partial charge in [-0.15, -0.1) is 0 Å². The Morgan fingerprint density at radius 2 is 2.03 bits per heavy atom. The fraction of sp³-hybridized carbons (Fsp3) is 0.286. The molecular formula is C21H19F3N6O2S. The molecule has 1 aromatic carbocycles. The number of benzene rings is 1. The normalized spacial score (nSPS) is 18.1. The van der Waals surface area contributed by atoms with Crippen molar-refractivity contribution in [3.8, 4) is 17.1 Å². The Kier molecular flexibility index (Phi) is 5.23. The quantitative estimate of drug-likeness (QED) is 0.389. The van der Waals surface area contributed by atoms with Crippen molar-refractivity contribution in [1.29, 1.82) is 0 Å². The molecule has 0 spiro atoms. The van der Waals surface area contributed by atoms with Gasteiger partial charge in [0.1, 0.15) is 17.3 Å². The first-order chi connectivity index (χ1) is 15.8. The van der Waals surface area contributed by atoms with Crippen LogP contribution in [0.5, 0.6) is 5.75 Å². The van der Waals surface area contributed by atoms with Crippen LogP contribution in [0.2, 0.25) is 0 Å². The predicted octanol–water partition coefficient (Wildman–Crippen LogP) is 5.11. The molecule has 0 fully saturated rings. The van der Waals surface area contributed by atoms with Crippen molar-refractivity contribution in [1.82, 2.24) is 24.5 Å². The van der Waals surface area contributed by atoms with E-state index >= 15 is 0 Å². The van der Waals surface area contributed by atoms with Crippen molar-refractivity contribution >= 4 is 18.0 Å². The minimum absolute atomic E-state index is 0.205. The molecule has 0 saturated carbocycles. The summed E-state index contributed by atoms with van der Waals surface area (Å²) in [5, 5.41) is 14.3. The van der Waals surface area contributed by atoms with Gasteiger partial charge in [0.25, 0.3) is 0 Å². The molecule has 5 rings (SSSR count). The van der Waals surface area contributed by atoms with E-state index in [4.69, 9.17) is 21.4 Å². The molecular weight excluding hydrogens is 457 g/mol. The lowest BCUT2D eigenvalue weighted by atomic mass is 9.96. The molecule has 0 amide bonds. The van der Waals surface area contributed by atoms with Crippen LogP contribution >= 0.6 is 12.2 Å². The predicted molar refractivity (Wildman–Crippen MR) is 116 cm³/mol. The zero-order valence-corrected chi connectivity index (χ0v) is 18.2. The molecule has 4 heterocycles. The van der Waals surface area contributed by atoms with E-state index in [1.165, 1.54) is 19.6 Å². The van der Waals surface area contributed by atoms with Crippen LogP contribution in [0.3, 0.4) is 0 Å². The number of H-pyrrole nitrogens is 1. The van der Waals surface area contributed by atoms with Gasteiger partial charge in [0.05, 0.1) is 37.7 Å². The topological polar surface area (TPSA) is 85.8 Å². The molecule has 3 aromatic heterocycles. The highest BCUT2D eigenvalue weighted by molar-refractivity contribution is 7.71. The average Bonchev–Trinajstić information content (AvgIpc) is 3.54. The van der Waals surface area contributed by atoms with Gasteiger partial charge in [-0.1, -0.05) is 12.1 Å². The fourth-order valence-electron chi connectivity index (χ4n) is 4.01. The van der Waals surface area contributed by atoms with Crippen molar-refractivity contribution in [3.63, 3.8) is 0 Å². The Hall–Kier alpha value is -3.54. The van der Waals surface area contributed by atoms with E-state index in [1.54, 1.807) is 41.0 Å². The number of anilines is 1. The van der Waals surface area contributed by atoms with E-state index in [2.05, 4.69) is 20.6 Å². The van der Waals surface area contributed by atoms with Gasteiger partial charge in [-0.05, 0) is 42.0 Å². The van der Waals surface area contributed by atoms with Crippen LogP contribution in [0.4, 0.5) is 19.0 Å². The van der Waals surface area contributed by atoms with Gasteiger partial charge in [0, 0.05) is 6.42 Å². The Balaban J connectivity index is 1.58. The summed E-state index contributed by atoms with van der Waals surface area (Å²) in [5.74, 6) is 1.84. The molecule has 1 aliphatic heterocycles. The molecule has 172 valence electrons. The highest BCUT2D eigenvalue weighted by atomic mass is 32.1. The van der Waals surface area contributed by atoms with E-state index in [0.29, 0.717) is 33.2 Å². The largest absolute Gasteiger partial charge is 0.497 e. The summed E-state index contributed by atoms with van der Waals surface area (Å²) in [5.41, 5.74) is 1.11. The zero-order valence-electron chi connectivity index (χ0n) is 17.3. The molecule has 1 aliphatic rings. The SMILES string of the molecule is COc1ccc([C@H]2C[C@@H](C(F)(F)F)n3ncc(-c4n[nH]c(=S)n4Cc4ccco4)c3N2)cc1. The average molecular weight is 476 g/mol. The number of nitrogens with one attached hydrogen (secondary N) is 2. The monoisotopic (exact) mass is 476 g/mol. The number of rotatable bonds is 5. The van der Waals surface area contributed by atoms with Crippen LogP contribution in [0.25, 0.3) is 11.4 Å². The van der Waals surface area contributed by atoms with Crippen LogP contribution in [0, 0.1) is 4.77 Å². The van der Waals surface area contributed by atoms with Gasteiger partial charge in [0.15, 0.2) is 16.6 Å². The number of nitrogens with zero attached hydrogens (tertiary/aromatic N) is 4. The van der Waals surface area contributed by atoms with Crippen molar-refractivity contribution < 1.29 is 22.3 Å². The number of hydrogen-bond donors (Lipinski definition) is 2. The highest BCUT2D eigenvalue weighted by Gasteiger charge is 2.47. The molecule has 12 heteroatoms. The Morgan fingerprint density at radius 1 is 1.24 bits per heavy atom. The summed E-state index contributed by atoms with van der Waals surface area (Å²) in [6, 6.07) is 8.09. The van der Waals surface area contributed by atoms with E-state index in [0.717, 1.165) is 4.68 Å². The Morgan fingerprint density at radius 3 is 2.70 bits per heavy atom. The van der Waals surface area contributed by atoms with E-state index in [9.17, 15) is 13.2 Å². The van der Waals surface area contributed by atoms with Crippen LogP contribution in [-0.4, -0.2) is 37.8 Å². The van der Waals surface area contributed by atoms with E-state index < -0.39 is 18.3 Å². The molecule has 2 atom stereocenters. The summed E-state index contributed by atoms with van der Waals surface area (Å²) in [6.45, 7) is 0.271. The van der Waals surface area contributed by atoms with Crippen LogP contribution in [-0.2, 0) is 6.54 Å². The van der Waals surface area contributed by atoms with Crippen LogP contribution in [0.1, 0.15) is 29.8 Å². The first-order valence-electron chi connectivity index (χ1n) is 10.1. The first-order valence-corrected chi connectivity index (χ1v) is 10.5. The molecule has 0 unspecified atom stereocenters. The number of aromatic amines is 1. The van der Waals surface area contributed by atoms with Gasteiger partial charge >= 0.3 is 6.18 Å². The molecule has 4 aromatic rings. The molecule has 0 saturated heterocycles. The smallest absolute Gasteiger partial charge is 0.410 e. The number of furan rings is 1. The van der Waals surface area contributed by atoms with Crippen molar-refractivity contribution in [2.75, 3.05) is 12.4 Å². The fourth-order valence-corrected chi connectivity index (χ4v) is 4.21. The minimum Gasteiger partial charge on any atom is -0.497 e. The van der Waals surface area contributed by atoms with Gasteiger partial charge in [-0.3, -0.25) is 9.67 Å². The van der Waals surface area contributed by atoms with Crippen molar-refractivity contribution in [3.05, 3.63) is 65.0 Å². The number of fused-ring (bicyclic) bond motifs is 1. The van der Waals surface area contributed by atoms with Gasteiger partial charge in [0.2, 0.25) is 0 Å². The number of aromatic nitrogens is 5. The molecule has 8 nitrogen and oxygen atoms in total. The standard InChI is InChI=1S/C21H19F3N6O2S/c1-31-13-6-4-12(5-7-13)16-9-17(21(22,23)24)30-18(26-16)15(10-25-30)19-27-28-20(33)29(19)11-14-3-2-8-32-14/h2-8,10,16-17,26H,9,11H2,1H3,(H,28,33)/t16-,17+/m1/s1. The Labute approximate surface area is 191 Å². The number of methoxy groups -OCH3 is 1. The number of halogens is 3. The number of hydrogen-bond acceptors (Lipinski definition) is 6. The lowest BCUT2D eigenvalue weighted by Gasteiger charge is -2.34. The summed E-state index contributed by atoms with van der Waals surface area (Å²) in [4.78, 5) is 0. The maximum Gasteiger partial charge on any atom is 0.410 e. The Bertz CT molecular complexity index is 1310. The summed E-state index contributed by atoms with van der Waals surface area (Å²) in [7, 11) is 1.54. The third-order valence-electron chi connectivity index (χ3n) is 5.65.